The number of hydrogen-bond donors (Lipinski definition) is 1. The Hall–Kier alpha value is -2.67. The van der Waals surface area contributed by atoms with Gasteiger partial charge in [0.1, 0.15) is 11.5 Å². The van der Waals surface area contributed by atoms with Crippen molar-refractivity contribution in [3.05, 3.63) is 53.6 Å². The summed E-state index contributed by atoms with van der Waals surface area (Å²) in [5.74, 6) is 1.23. The van der Waals surface area contributed by atoms with Crippen LogP contribution in [0.4, 0.5) is 5.69 Å². The lowest BCUT2D eigenvalue weighted by atomic mass is 10.1. The molecule has 102 valence electrons. The van der Waals surface area contributed by atoms with E-state index in [4.69, 9.17) is 20.5 Å². The van der Waals surface area contributed by atoms with Crippen LogP contribution < -0.4 is 15.2 Å². The molecule has 0 aliphatic carbocycles. The van der Waals surface area contributed by atoms with Gasteiger partial charge in [-0.15, -0.1) is 0 Å². The highest BCUT2D eigenvalue weighted by atomic mass is 16.5. The smallest absolute Gasteiger partial charge is 0.124 e. The Bertz CT molecular complexity index is 633. The number of methoxy groups -OCH3 is 1. The number of nitrogens with zero attached hydrogens (tertiary/aromatic N) is 1. The van der Waals surface area contributed by atoms with Crippen molar-refractivity contribution in [1.82, 2.24) is 0 Å². The molecule has 0 heterocycles. The highest BCUT2D eigenvalue weighted by Gasteiger charge is 2.03. The number of anilines is 1. The van der Waals surface area contributed by atoms with Gasteiger partial charge in [-0.25, -0.2) is 0 Å². The first-order valence-corrected chi connectivity index (χ1v) is 6.28. The van der Waals surface area contributed by atoms with Gasteiger partial charge in [-0.1, -0.05) is 18.2 Å². The van der Waals surface area contributed by atoms with Crippen LogP contribution in [0.1, 0.15) is 11.1 Å². The summed E-state index contributed by atoms with van der Waals surface area (Å²) in [5, 5.41) is 8.94. The summed E-state index contributed by atoms with van der Waals surface area (Å²) >= 11 is 0. The number of hydrogen-bond acceptors (Lipinski definition) is 4. The van der Waals surface area contributed by atoms with Gasteiger partial charge in [0.05, 0.1) is 25.3 Å². The quantitative estimate of drug-likeness (QED) is 0.847. The van der Waals surface area contributed by atoms with E-state index in [2.05, 4.69) is 6.07 Å². The first kappa shape index (κ1) is 13.8. The maximum absolute atomic E-state index is 8.94. The summed E-state index contributed by atoms with van der Waals surface area (Å²) in [7, 11) is 1.56. The summed E-state index contributed by atoms with van der Waals surface area (Å²) in [6.45, 7) is 0.492. The van der Waals surface area contributed by atoms with Crippen LogP contribution in [0.5, 0.6) is 11.5 Å². The van der Waals surface area contributed by atoms with Gasteiger partial charge in [-0.05, 0) is 23.8 Å². The average Bonchev–Trinajstić information content (AvgIpc) is 2.48. The van der Waals surface area contributed by atoms with Gasteiger partial charge in [-0.3, -0.25) is 0 Å². The van der Waals surface area contributed by atoms with Crippen LogP contribution in [0.15, 0.2) is 42.5 Å². The molecule has 0 bridgehead atoms. The van der Waals surface area contributed by atoms with Crippen molar-refractivity contribution in [1.29, 1.82) is 5.26 Å². The molecule has 0 amide bonds. The molecule has 0 spiro atoms. The summed E-state index contributed by atoms with van der Waals surface area (Å²) in [6, 6.07) is 14.9. The minimum atomic E-state index is 0.492. The molecule has 20 heavy (non-hydrogen) atoms. The van der Waals surface area contributed by atoms with Crippen LogP contribution in [0.25, 0.3) is 0 Å². The highest BCUT2D eigenvalue weighted by molar-refractivity contribution is 5.46. The van der Waals surface area contributed by atoms with Gasteiger partial charge in [0.15, 0.2) is 0 Å². The second-order valence-electron chi connectivity index (χ2n) is 4.31. The molecule has 4 heteroatoms. The topological polar surface area (TPSA) is 68.3 Å². The van der Waals surface area contributed by atoms with E-state index in [1.54, 1.807) is 25.3 Å². The molecule has 0 aliphatic rings. The van der Waals surface area contributed by atoms with E-state index in [0.29, 0.717) is 30.1 Å². The predicted octanol–water partition coefficient (Wildman–Crippen LogP) is 2.77. The maximum Gasteiger partial charge on any atom is 0.124 e. The van der Waals surface area contributed by atoms with E-state index < -0.39 is 0 Å². The lowest BCUT2D eigenvalue weighted by molar-refractivity contribution is 0.319. The van der Waals surface area contributed by atoms with Crippen molar-refractivity contribution >= 4 is 5.69 Å². The molecule has 0 radical (unpaired) electrons. The fourth-order valence-electron chi connectivity index (χ4n) is 1.88. The number of nitrogens with two attached hydrogens (primary N) is 1. The van der Waals surface area contributed by atoms with Crippen LogP contribution in [-0.4, -0.2) is 13.7 Å². The first-order valence-electron chi connectivity index (χ1n) is 6.28. The molecule has 0 aliphatic heterocycles. The van der Waals surface area contributed by atoms with Crippen LogP contribution in [0, 0.1) is 11.3 Å². The van der Waals surface area contributed by atoms with Gasteiger partial charge in [0.2, 0.25) is 0 Å². The van der Waals surface area contributed by atoms with E-state index in [1.165, 1.54) is 0 Å². The van der Waals surface area contributed by atoms with Crippen molar-refractivity contribution < 1.29 is 9.47 Å². The number of ether oxygens (including phenoxy) is 2. The Morgan fingerprint density at radius 1 is 1.15 bits per heavy atom. The van der Waals surface area contributed by atoms with Crippen molar-refractivity contribution in [3.8, 4) is 17.6 Å². The summed E-state index contributed by atoms with van der Waals surface area (Å²) in [6.07, 6.45) is 0.714. The Labute approximate surface area is 118 Å². The SMILES string of the molecule is COc1cc(C#N)cc(OCCc2ccccc2N)c1. The molecule has 0 unspecified atom stereocenters. The molecule has 0 atom stereocenters. The van der Waals surface area contributed by atoms with Crippen LogP contribution in [0.2, 0.25) is 0 Å². The van der Waals surface area contributed by atoms with Crippen molar-refractivity contribution in [2.75, 3.05) is 19.5 Å². The number of nitriles is 1. The monoisotopic (exact) mass is 268 g/mol. The number of nitrogen functional groups attached to an aromatic ring is 1. The standard InChI is InChI=1S/C16H16N2O2/c1-19-14-8-12(11-17)9-15(10-14)20-7-6-13-4-2-3-5-16(13)18/h2-5,8-10H,6-7,18H2,1H3. The van der Waals surface area contributed by atoms with Crippen molar-refractivity contribution in [2.24, 2.45) is 0 Å². The third-order valence-electron chi connectivity index (χ3n) is 2.94. The number of benzene rings is 2. The predicted molar refractivity (Wildman–Crippen MR) is 77.8 cm³/mol. The second-order valence-corrected chi connectivity index (χ2v) is 4.31. The summed E-state index contributed by atoms with van der Waals surface area (Å²) in [4.78, 5) is 0. The van der Waals surface area contributed by atoms with Crippen molar-refractivity contribution in [2.45, 2.75) is 6.42 Å². The van der Waals surface area contributed by atoms with Gasteiger partial charge in [0.25, 0.3) is 0 Å². The normalized spacial score (nSPS) is 9.80. The molecule has 4 nitrogen and oxygen atoms in total. The van der Waals surface area contributed by atoms with Crippen LogP contribution in [0.3, 0.4) is 0 Å². The molecule has 0 saturated carbocycles. The third kappa shape index (κ3) is 3.42. The minimum Gasteiger partial charge on any atom is -0.497 e. The largest absolute Gasteiger partial charge is 0.497 e. The molecule has 2 aromatic carbocycles. The zero-order valence-electron chi connectivity index (χ0n) is 11.3. The Morgan fingerprint density at radius 3 is 2.60 bits per heavy atom. The lowest BCUT2D eigenvalue weighted by Crippen LogP contribution is -2.04. The van der Waals surface area contributed by atoms with E-state index in [9.17, 15) is 0 Å². The summed E-state index contributed by atoms with van der Waals surface area (Å²) in [5.41, 5.74) is 8.20. The molecule has 0 saturated heterocycles. The van der Waals surface area contributed by atoms with E-state index in [-0.39, 0.29) is 0 Å². The zero-order chi connectivity index (χ0) is 14.4. The third-order valence-corrected chi connectivity index (χ3v) is 2.94. The Balaban J connectivity index is 2.01. The van der Waals surface area contributed by atoms with Gasteiger partial charge in [0, 0.05) is 18.2 Å². The Kier molecular flexibility index (Phi) is 4.46. The first-order chi connectivity index (χ1) is 9.72. The molecule has 0 aromatic heterocycles. The lowest BCUT2D eigenvalue weighted by Gasteiger charge is -2.09. The van der Waals surface area contributed by atoms with Crippen LogP contribution in [-0.2, 0) is 6.42 Å². The van der Waals surface area contributed by atoms with E-state index >= 15 is 0 Å². The second kappa shape index (κ2) is 6.48. The number of rotatable bonds is 5. The van der Waals surface area contributed by atoms with Crippen molar-refractivity contribution in [3.63, 3.8) is 0 Å². The van der Waals surface area contributed by atoms with Crippen LogP contribution >= 0.6 is 0 Å². The van der Waals surface area contributed by atoms with E-state index in [0.717, 1.165) is 11.3 Å². The highest BCUT2D eigenvalue weighted by Crippen LogP contribution is 2.22. The molecule has 2 rings (SSSR count). The van der Waals surface area contributed by atoms with Gasteiger partial charge in [-0.2, -0.15) is 5.26 Å². The Morgan fingerprint density at radius 2 is 1.90 bits per heavy atom. The molecule has 0 fully saturated rings. The van der Waals surface area contributed by atoms with E-state index in [1.807, 2.05) is 24.3 Å². The van der Waals surface area contributed by atoms with Gasteiger partial charge < -0.3 is 15.2 Å². The number of para-hydroxylation sites is 1. The molecular formula is C16H16N2O2. The minimum absolute atomic E-state index is 0.492. The average molecular weight is 268 g/mol. The molecule has 2 aromatic rings. The molecule has 2 N–H and O–H groups in total. The van der Waals surface area contributed by atoms with Gasteiger partial charge >= 0.3 is 0 Å². The fraction of sp³-hybridized carbons (Fsp3) is 0.188. The maximum atomic E-state index is 8.94. The molecular weight excluding hydrogens is 252 g/mol. The zero-order valence-corrected chi connectivity index (χ0v) is 11.3. The summed E-state index contributed by atoms with van der Waals surface area (Å²) < 4.78 is 10.8. The fourth-order valence-corrected chi connectivity index (χ4v) is 1.88.